The molecule has 0 aliphatic carbocycles. The van der Waals surface area contributed by atoms with Crippen LogP contribution in [0, 0.1) is 5.82 Å². The molecule has 2 aromatic heterocycles. The number of guanidine groups is 1. The number of nitrogens with one attached hydrogen (secondary N) is 1. The number of piperazine rings is 1. The Hall–Kier alpha value is -3.49. The zero-order valence-electron chi connectivity index (χ0n) is 16.9. The number of rotatable bonds is 5. The molecule has 8 nitrogen and oxygen atoms in total. The van der Waals surface area contributed by atoms with Crippen LogP contribution in [-0.4, -0.2) is 63.1 Å². The lowest BCUT2D eigenvalue weighted by atomic mass is 10.2. The number of aromatic nitrogens is 4. The molecule has 1 saturated heterocycles. The summed E-state index contributed by atoms with van der Waals surface area (Å²) in [6, 6.07) is 7.01. The molecule has 1 fully saturated rings. The largest absolute Gasteiger partial charge is 0.357 e. The number of nitrogens with zero attached hydrogens (tertiary/aromatic N) is 7. The van der Waals surface area contributed by atoms with Gasteiger partial charge in [-0.05, 0) is 30.7 Å². The maximum Gasteiger partial charge on any atom is 0.225 e. The van der Waals surface area contributed by atoms with Gasteiger partial charge in [-0.1, -0.05) is 6.07 Å². The van der Waals surface area contributed by atoms with Gasteiger partial charge in [0.05, 0.1) is 18.6 Å². The molecule has 4 rings (SSSR count). The van der Waals surface area contributed by atoms with Crippen LogP contribution in [0.4, 0.5) is 10.3 Å². The van der Waals surface area contributed by atoms with Crippen LogP contribution in [0.15, 0.2) is 60.4 Å². The molecule has 0 atom stereocenters. The van der Waals surface area contributed by atoms with Crippen molar-refractivity contribution in [3.63, 3.8) is 0 Å². The molecule has 0 amide bonds. The summed E-state index contributed by atoms with van der Waals surface area (Å²) >= 11 is 0. The Kier molecular flexibility index (Phi) is 6.17. The lowest BCUT2D eigenvalue weighted by Gasteiger charge is -2.36. The van der Waals surface area contributed by atoms with E-state index in [0.717, 1.165) is 50.2 Å². The van der Waals surface area contributed by atoms with Crippen molar-refractivity contribution in [2.24, 2.45) is 4.99 Å². The summed E-state index contributed by atoms with van der Waals surface area (Å²) in [6.45, 7) is 6.50. The minimum Gasteiger partial charge on any atom is -0.357 e. The molecule has 1 aromatic carbocycles. The second-order valence-corrected chi connectivity index (χ2v) is 6.95. The van der Waals surface area contributed by atoms with Crippen molar-refractivity contribution < 1.29 is 4.39 Å². The molecular weight excluding hydrogens is 383 g/mol. The van der Waals surface area contributed by atoms with E-state index in [9.17, 15) is 4.39 Å². The first-order valence-corrected chi connectivity index (χ1v) is 10.1. The van der Waals surface area contributed by atoms with Crippen LogP contribution < -0.4 is 10.2 Å². The van der Waals surface area contributed by atoms with Crippen LogP contribution in [0.3, 0.4) is 0 Å². The van der Waals surface area contributed by atoms with Crippen LogP contribution in [0.5, 0.6) is 0 Å². The van der Waals surface area contributed by atoms with Gasteiger partial charge in [0.25, 0.3) is 0 Å². The van der Waals surface area contributed by atoms with Gasteiger partial charge in [-0.2, -0.15) is 0 Å². The normalized spacial score (nSPS) is 14.8. The van der Waals surface area contributed by atoms with E-state index in [1.807, 2.05) is 19.1 Å². The molecule has 0 unspecified atom stereocenters. The highest BCUT2D eigenvalue weighted by molar-refractivity contribution is 5.80. The van der Waals surface area contributed by atoms with Gasteiger partial charge in [0.15, 0.2) is 5.96 Å². The second-order valence-electron chi connectivity index (χ2n) is 6.95. The van der Waals surface area contributed by atoms with Crippen molar-refractivity contribution >= 4 is 11.9 Å². The summed E-state index contributed by atoms with van der Waals surface area (Å²) in [6.07, 6.45) is 8.46. The quantitative estimate of drug-likeness (QED) is 0.515. The van der Waals surface area contributed by atoms with E-state index >= 15 is 0 Å². The minimum absolute atomic E-state index is 0.290. The minimum atomic E-state index is -0.290. The molecule has 1 aliphatic heterocycles. The van der Waals surface area contributed by atoms with E-state index in [1.54, 1.807) is 41.7 Å². The van der Waals surface area contributed by atoms with Gasteiger partial charge in [0, 0.05) is 57.5 Å². The molecule has 9 heteroatoms. The van der Waals surface area contributed by atoms with Crippen molar-refractivity contribution in [2.45, 2.75) is 13.5 Å². The molecule has 0 radical (unpaired) electrons. The SMILES string of the molecule is CCNC(=NCc1ccc(-n2ccnc2)c(F)c1)N1CCN(c2ncccn2)CC1. The van der Waals surface area contributed by atoms with Gasteiger partial charge in [0.2, 0.25) is 5.95 Å². The maximum atomic E-state index is 14.5. The van der Waals surface area contributed by atoms with E-state index in [-0.39, 0.29) is 5.82 Å². The Morgan fingerprint density at radius 2 is 1.93 bits per heavy atom. The smallest absolute Gasteiger partial charge is 0.225 e. The lowest BCUT2D eigenvalue weighted by molar-refractivity contribution is 0.370. The molecule has 156 valence electrons. The zero-order chi connectivity index (χ0) is 20.8. The Balaban J connectivity index is 1.41. The van der Waals surface area contributed by atoms with E-state index in [4.69, 9.17) is 4.99 Å². The predicted octanol–water partition coefficient (Wildman–Crippen LogP) is 2.09. The van der Waals surface area contributed by atoms with E-state index in [0.29, 0.717) is 12.2 Å². The zero-order valence-corrected chi connectivity index (χ0v) is 16.9. The Labute approximate surface area is 175 Å². The number of hydrogen-bond acceptors (Lipinski definition) is 5. The van der Waals surface area contributed by atoms with Gasteiger partial charge in [-0.25, -0.2) is 24.3 Å². The molecule has 3 aromatic rings. The Morgan fingerprint density at radius 3 is 2.60 bits per heavy atom. The molecule has 0 bridgehead atoms. The van der Waals surface area contributed by atoms with E-state index in [1.165, 1.54) is 6.07 Å². The highest BCUT2D eigenvalue weighted by Gasteiger charge is 2.21. The first-order valence-electron chi connectivity index (χ1n) is 10.1. The lowest BCUT2D eigenvalue weighted by Crippen LogP contribution is -2.52. The number of hydrogen-bond donors (Lipinski definition) is 1. The fourth-order valence-electron chi connectivity index (χ4n) is 3.42. The number of aliphatic imine (C=N–C) groups is 1. The topological polar surface area (TPSA) is 74.5 Å². The van der Waals surface area contributed by atoms with Crippen LogP contribution in [0.25, 0.3) is 5.69 Å². The van der Waals surface area contributed by atoms with Gasteiger partial charge in [-0.15, -0.1) is 0 Å². The first-order chi connectivity index (χ1) is 14.7. The van der Waals surface area contributed by atoms with Crippen molar-refractivity contribution in [2.75, 3.05) is 37.6 Å². The third kappa shape index (κ3) is 4.56. The number of benzene rings is 1. The molecule has 0 saturated carbocycles. The number of halogens is 1. The Morgan fingerprint density at radius 1 is 1.13 bits per heavy atom. The van der Waals surface area contributed by atoms with Gasteiger partial charge < -0.3 is 19.7 Å². The average Bonchev–Trinajstić information content (AvgIpc) is 3.32. The van der Waals surface area contributed by atoms with Crippen LogP contribution in [-0.2, 0) is 6.54 Å². The summed E-state index contributed by atoms with van der Waals surface area (Å²) < 4.78 is 16.2. The number of anilines is 1. The molecule has 1 aliphatic rings. The van der Waals surface area contributed by atoms with Crippen LogP contribution >= 0.6 is 0 Å². The fourth-order valence-corrected chi connectivity index (χ4v) is 3.42. The third-order valence-corrected chi connectivity index (χ3v) is 4.96. The van der Waals surface area contributed by atoms with Crippen molar-refractivity contribution in [3.8, 4) is 5.69 Å². The summed E-state index contributed by atoms with van der Waals surface area (Å²) in [7, 11) is 0. The predicted molar refractivity (Wildman–Crippen MR) is 114 cm³/mol. The van der Waals surface area contributed by atoms with Crippen LogP contribution in [0.1, 0.15) is 12.5 Å². The highest BCUT2D eigenvalue weighted by Crippen LogP contribution is 2.16. The number of imidazole rings is 1. The van der Waals surface area contributed by atoms with E-state index < -0.39 is 0 Å². The van der Waals surface area contributed by atoms with Gasteiger partial charge >= 0.3 is 0 Å². The summed E-state index contributed by atoms with van der Waals surface area (Å²) in [4.78, 5) is 21.8. The standard InChI is InChI=1S/C21H25FN8/c1-2-24-20(28-10-12-29(13-11-28)21-25-6-3-7-26-21)27-15-17-4-5-19(18(22)14-17)30-9-8-23-16-30/h3-9,14,16H,2,10-13,15H2,1H3,(H,24,27). The first kappa shape index (κ1) is 19.8. The second kappa shape index (κ2) is 9.34. The highest BCUT2D eigenvalue weighted by atomic mass is 19.1. The Bertz CT molecular complexity index is 966. The van der Waals surface area contributed by atoms with E-state index in [2.05, 4.69) is 30.1 Å². The maximum absolute atomic E-state index is 14.5. The van der Waals surface area contributed by atoms with Crippen molar-refractivity contribution in [1.82, 2.24) is 29.7 Å². The van der Waals surface area contributed by atoms with Crippen molar-refractivity contribution in [3.05, 3.63) is 66.8 Å². The molecule has 30 heavy (non-hydrogen) atoms. The van der Waals surface area contributed by atoms with Crippen molar-refractivity contribution in [1.29, 1.82) is 0 Å². The van der Waals surface area contributed by atoms with Crippen LogP contribution in [0.2, 0.25) is 0 Å². The van der Waals surface area contributed by atoms with Gasteiger partial charge in [0.1, 0.15) is 5.82 Å². The molecule has 0 spiro atoms. The third-order valence-electron chi connectivity index (χ3n) is 4.96. The fraction of sp³-hybridized carbons (Fsp3) is 0.333. The molecular formula is C21H25FN8. The summed E-state index contributed by atoms with van der Waals surface area (Å²) in [5.41, 5.74) is 1.30. The summed E-state index contributed by atoms with van der Waals surface area (Å²) in [5, 5.41) is 3.35. The summed E-state index contributed by atoms with van der Waals surface area (Å²) in [5.74, 6) is 1.31. The average molecular weight is 408 g/mol. The van der Waals surface area contributed by atoms with Gasteiger partial charge in [-0.3, -0.25) is 0 Å². The monoisotopic (exact) mass is 408 g/mol. The molecule has 3 heterocycles. The molecule has 1 N–H and O–H groups in total.